The predicted octanol–water partition coefficient (Wildman–Crippen LogP) is 6.70. The molecule has 1 heterocycles. The van der Waals surface area contributed by atoms with Gasteiger partial charge in [-0.05, 0) is 79.9 Å². The highest BCUT2D eigenvalue weighted by Gasteiger charge is 2.31. The van der Waals surface area contributed by atoms with Crippen molar-refractivity contribution in [3.05, 3.63) is 93.3 Å². The number of fused-ring (bicyclic) bond motifs is 1. The van der Waals surface area contributed by atoms with E-state index in [2.05, 4.69) is 5.32 Å². The normalized spacial score (nSPS) is 12.3. The minimum Gasteiger partial charge on any atom is -0.497 e. The summed E-state index contributed by atoms with van der Waals surface area (Å²) in [4.78, 5) is 25.2. The van der Waals surface area contributed by atoms with Crippen LogP contribution in [0.2, 0.25) is 0 Å². The molecule has 3 aromatic carbocycles. The third kappa shape index (κ3) is 6.89. The third-order valence-corrected chi connectivity index (χ3v) is 6.56. The molecule has 7 nitrogen and oxygen atoms in total. The summed E-state index contributed by atoms with van der Waals surface area (Å²) in [6.45, 7) is 5.63. The molecule has 1 N–H and O–H groups in total. The second kappa shape index (κ2) is 12.5. The summed E-state index contributed by atoms with van der Waals surface area (Å²) in [7, 11) is 1.59. The number of hydrogen-bond acceptors (Lipinski definition) is 7. The maximum Gasteiger partial charge on any atom is 0.416 e. The number of alkyl halides is 3. The number of methoxy groups -OCH3 is 1. The fourth-order valence-corrected chi connectivity index (χ4v) is 4.34. The lowest BCUT2D eigenvalue weighted by atomic mass is 10.00. The molecule has 0 saturated heterocycles. The lowest BCUT2D eigenvalue weighted by molar-refractivity contribution is -0.137. The number of benzene rings is 3. The van der Waals surface area contributed by atoms with Gasteiger partial charge < -0.3 is 23.9 Å². The third-order valence-electron chi connectivity index (χ3n) is 6.56. The van der Waals surface area contributed by atoms with Gasteiger partial charge in [0, 0.05) is 18.2 Å². The second-order valence-corrected chi connectivity index (χ2v) is 9.36. The van der Waals surface area contributed by atoms with Crippen LogP contribution in [0.4, 0.5) is 13.2 Å². The average Bonchev–Trinajstić information content (AvgIpc) is 2.96. The first-order chi connectivity index (χ1) is 19.5. The van der Waals surface area contributed by atoms with Crippen molar-refractivity contribution >= 4 is 16.9 Å². The minimum atomic E-state index is -4.62. The van der Waals surface area contributed by atoms with Crippen molar-refractivity contribution in [2.75, 3.05) is 26.9 Å². The van der Waals surface area contributed by atoms with Gasteiger partial charge in [-0.3, -0.25) is 4.79 Å². The smallest absolute Gasteiger partial charge is 0.416 e. The molecule has 0 spiro atoms. The highest BCUT2D eigenvalue weighted by molar-refractivity contribution is 5.92. The van der Waals surface area contributed by atoms with Gasteiger partial charge >= 0.3 is 12.1 Å². The quantitative estimate of drug-likeness (QED) is 0.168. The van der Waals surface area contributed by atoms with Crippen LogP contribution >= 0.6 is 0 Å². The van der Waals surface area contributed by atoms with E-state index >= 15 is 0 Å². The van der Waals surface area contributed by atoms with Gasteiger partial charge in [0.2, 0.25) is 5.76 Å². The van der Waals surface area contributed by atoms with Crippen LogP contribution in [-0.4, -0.2) is 32.8 Å². The largest absolute Gasteiger partial charge is 0.497 e. The van der Waals surface area contributed by atoms with Crippen molar-refractivity contribution in [2.45, 2.75) is 33.0 Å². The molecule has 1 unspecified atom stereocenters. The van der Waals surface area contributed by atoms with Crippen LogP contribution in [-0.2, 0) is 10.9 Å². The highest BCUT2D eigenvalue weighted by atomic mass is 19.4. The Hall–Kier alpha value is -4.31. The van der Waals surface area contributed by atoms with E-state index in [-0.39, 0.29) is 52.9 Å². The van der Waals surface area contributed by atoms with Gasteiger partial charge in [-0.2, -0.15) is 13.2 Å². The Labute approximate surface area is 234 Å². The Bertz CT molecular complexity index is 1610. The van der Waals surface area contributed by atoms with E-state index in [0.29, 0.717) is 12.1 Å². The molecule has 216 valence electrons. The molecule has 10 heteroatoms. The van der Waals surface area contributed by atoms with Crippen LogP contribution in [0, 0.1) is 6.92 Å². The summed E-state index contributed by atoms with van der Waals surface area (Å²) in [6, 6.07) is 15.4. The predicted molar refractivity (Wildman–Crippen MR) is 149 cm³/mol. The maximum absolute atomic E-state index is 13.8. The molecule has 0 amide bonds. The average molecular weight is 570 g/mol. The zero-order valence-corrected chi connectivity index (χ0v) is 23.1. The summed E-state index contributed by atoms with van der Waals surface area (Å²) in [5.41, 5.74) is 0.370. The molecule has 0 aliphatic carbocycles. The van der Waals surface area contributed by atoms with Crippen molar-refractivity contribution < 1.29 is 36.6 Å². The van der Waals surface area contributed by atoms with Crippen molar-refractivity contribution in [1.82, 2.24) is 5.32 Å². The molecule has 0 bridgehead atoms. The topological polar surface area (TPSA) is 87.0 Å². The number of ether oxygens (including phenoxy) is 3. The van der Waals surface area contributed by atoms with Crippen molar-refractivity contribution in [3.8, 4) is 22.6 Å². The van der Waals surface area contributed by atoms with E-state index in [4.69, 9.17) is 18.6 Å². The van der Waals surface area contributed by atoms with Crippen LogP contribution in [0.25, 0.3) is 22.1 Å². The van der Waals surface area contributed by atoms with E-state index < -0.39 is 23.1 Å². The van der Waals surface area contributed by atoms with Crippen LogP contribution in [0.3, 0.4) is 0 Å². The molecule has 0 radical (unpaired) electrons. The van der Waals surface area contributed by atoms with Crippen LogP contribution in [0.5, 0.6) is 11.5 Å². The highest BCUT2D eigenvalue weighted by Crippen LogP contribution is 2.36. The maximum atomic E-state index is 13.8. The molecular weight excluding hydrogens is 539 g/mol. The fraction of sp³-hybridized carbons (Fsp3) is 0.290. The summed E-state index contributed by atoms with van der Waals surface area (Å²) >= 11 is 0. The number of esters is 1. The second-order valence-electron chi connectivity index (χ2n) is 9.36. The van der Waals surface area contributed by atoms with Gasteiger partial charge in [-0.25, -0.2) is 4.79 Å². The summed E-state index contributed by atoms with van der Waals surface area (Å²) in [5, 5.41) is 3.41. The lowest BCUT2D eigenvalue weighted by Gasteiger charge is -2.17. The van der Waals surface area contributed by atoms with Gasteiger partial charge in [-0.15, -0.1) is 0 Å². The zero-order valence-electron chi connectivity index (χ0n) is 23.1. The number of nitrogens with one attached hydrogen (secondary N) is 1. The van der Waals surface area contributed by atoms with E-state index in [9.17, 15) is 22.8 Å². The first kappa shape index (κ1) is 29.7. The van der Waals surface area contributed by atoms with Crippen molar-refractivity contribution in [2.24, 2.45) is 0 Å². The first-order valence-corrected chi connectivity index (χ1v) is 13.0. The molecule has 0 fully saturated rings. The van der Waals surface area contributed by atoms with E-state index in [1.54, 1.807) is 14.0 Å². The molecule has 1 aromatic heterocycles. The molecule has 0 aliphatic rings. The Morgan fingerprint density at radius 1 is 1.02 bits per heavy atom. The van der Waals surface area contributed by atoms with Gasteiger partial charge in [0.1, 0.15) is 23.7 Å². The van der Waals surface area contributed by atoms with Gasteiger partial charge in [-0.1, -0.05) is 18.2 Å². The summed E-state index contributed by atoms with van der Waals surface area (Å²) < 4.78 is 62.8. The Morgan fingerprint density at radius 2 is 1.80 bits per heavy atom. The molecule has 4 aromatic rings. The van der Waals surface area contributed by atoms with E-state index in [1.165, 1.54) is 31.2 Å². The standard InChI is InChI=1S/C31H30F3NO6/c1-5-39-30(37)29-18(2)28(36)26-16-21(9-10-27(26)41-29)22-13-23(31(32,33)34)17-25(15-22)40-12-11-35-19(3)20-7-6-8-24(14-20)38-4/h6-10,13-17,19,35H,5,11-12H2,1-4H3. The summed E-state index contributed by atoms with van der Waals surface area (Å²) in [5.74, 6) is -0.210. The van der Waals surface area contributed by atoms with E-state index in [1.807, 2.05) is 31.2 Å². The number of hydrogen-bond donors (Lipinski definition) is 1. The first-order valence-electron chi connectivity index (χ1n) is 13.0. The van der Waals surface area contributed by atoms with Crippen LogP contribution in [0.1, 0.15) is 47.1 Å². The number of rotatable bonds is 10. The minimum absolute atomic E-state index is 0.0339. The summed E-state index contributed by atoms with van der Waals surface area (Å²) in [6.07, 6.45) is -4.62. The Kier molecular flexibility index (Phi) is 9.02. The number of carbonyl (C=O) groups is 1. The van der Waals surface area contributed by atoms with Gasteiger partial charge in [0.25, 0.3) is 0 Å². The van der Waals surface area contributed by atoms with Gasteiger partial charge in [0.15, 0.2) is 5.43 Å². The molecule has 0 aliphatic heterocycles. The number of carbonyl (C=O) groups excluding carboxylic acids is 1. The van der Waals surface area contributed by atoms with E-state index in [0.717, 1.165) is 23.4 Å². The van der Waals surface area contributed by atoms with Crippen LogP contribution in [0.15, 0.2) is 69.9 Å². The Morgan fingerprint density at radius 3 is 2.51 bits per heavy atom. The van der Waals surface area contributed by atoms with Gasteiger partial charge in [0.05, 0.1) is 24.7 Å². The van der Waals surface area contributed by atoms with Crippen molar-refractivity contribution in [3.63, 3.8) is 0 Å². The molecule has 41 heavy (non-hydrogen) atoms. The fourth-order valence-electron chi connectivity index (χ4n) is 4.34. The molecule has 4 rings (SSSR count). The molecular formula is C31H30F3NO6. The lowest BCUT2D eigenvalue weighted by Crippen LogP contribution is -2.24. The van der Waals surface area contributed by atoms with Crippen molar-refractivity contribution in [1.29, 1.82) is 0 Å². The van der Waals surface area contributed by atoms with Crippen LogP contribution < -0.4 is 20.2 Å². The molecule has 1 atom stereocenters. The SMILES string of the molecule is CCOC(=O)c1oc2ccc(-c3cc(OCCNC(C)c4cccc(OC)c4)cc(C(F)(F)F)c3)cc2c(=O)c1C. The monoisotopic (exact) mass is 569 g/mol. The zero-order chi connectivity index (χ0) is 29.7. The molecule has 0 saturated carbocycles. The number of halogens is 3. The Balaban J connectivity index is 1.58.